The lowest BCUT2D eigenvalue weighted by Gasteiger charge is -2.17. The van der Waals surface area contributed by atoms with E-state index in [1.54, 1.807) is 6.92 Å². The summed E-state index contributed by atoms with van der Waals surface area (Å²) in [7, 11) is 1.50. The van der Waals surface area contributed by atoms with E-state index in [9.17, 15) is 18.0 Å². The van der Waals surface area contributed by atoms with E-state index < -0.39 is 17.8 Å². The summed E-state index contributed by atoms with van der Waals surface area (Å²) in [5, 5.41) is 11.3. The van der Waals surface area contributed by atoms with Crippen LogP contribution in [0, 0.1) is 0 Å². The summed E-state index contributed by atoms with van der Waals surface area (Å²) in [6, 6.07) is 4.47. The Kier molecular flexibility index (Phi) is 5.09. The molecule has 0 aliphatic carbocycles. The fourth-order valence-corrected chi connectivity index (χ4v) is 3.28. The molecule has 0 unspecified atom stereocenters. The minimum atomic E-state index is -4.63. The van der Waals surface area contributed by atoms with Gasteiger partial charge in [0.25, 0.3) is 5.56 Å². The number of hydrogen-bond donors (Lipinski definition) is 1. The summed E-state index contributed by atoms with van der Waals surface area (Å²) in [4.78, 5) is 23.7. The summed E-state index contributed by atoms with van der Waals surface area (Å²) in [5.41, 5.74) is -1.52. The van der Waals surface area contributed by atoms with Crippen molar-refractivity contribution in [2.45, 2.75) is 19.1 Å². The molecule has 4 rings (SSSR count). The van der Waals surface area contributed by atoms with Crippen molar-refractivity contribution in [3.63, 3.8) is 0 Å². The molecule has 1 N–H and O–H groups in total. The normalized spacial score (nSPS) is 12.8. The van der Waals surface area contributed by atoms with Crippen LogP contribution >= 0.6 is 11.6 Å². The first-order valence-corrected chi connectivity index (χ1v) is 9.25. The Bertz CT molecular complexity index is 1330. The predicted molar refractivity (Wildman–Crippen MR) is 106 cm³/mol. The van der Waals surface area contributed by atoms with Crippen molar-refractivity contribution in [2.24, 2.45) is 7.05 Å². The van der Waals surface area contributed by atoms with Crippen LogP contribution in [0.5, 0.6) is 0 Å². The van der Waals surface area contributed by atoms with E-state index >= 15 is 0 Å². The third kappa shape index (κ3) is 3.93. The Hall–Kier alpha value is -3.54. The van der Waals surface area contributed by atoms with E-state index in [4.69, 9.17) is 11.6 Å². The van der Waals surface area contributed by atoms with Crippen LogP contribution in [0.1, 0.15) is 24.4 Å². The fourth-order valence-electron chi connectivity index (χ4n) is 3.06. The van der Waals surface area contributed by atoms with Gasteiger partial charge in [-0.2, -0.15) is 23.0 Å². The smallest absolute Gasteiger partial charge is 0.360 e. The molecule has 1 atom stereocenters. The molecule has 160 valence electrons. The van der Waals surface area contributed by atoms with Crippen LogP contribution in [0.4, 0.5) is 19.0 Å². The van der Waals surface area contributed by atoms with Crippen LogP contribution in [0.15, 0.2) is 41.7 Å². The van der Waals surface area contributed by atoms with Crippen LogP contribution < -0.4 is 10.9 Å². The monoisotopic (exact) mass is 450 g/mol. The van der Waals surface area contributed by atoms with Gasteiger partial charge in [0.05, 0.1) is 17.1 Å². The number of halogens is 4. The number of fused-ring (bicyclic) bond motifs is 1. The van der Waals surface area contributed by atoms with Crippen LogP contribution in [0.3, 0.4) is 0 Å². The molecule has 0 spiro atoms. The van der Waals surface area contributed by atoms with E-state index in [0.29, 0.717) is 11.6 Å². The highest BCUT2D eigenvalue weighted by atomic mass is 35.5. The summed E-state index contributed by atoms with van der Waals surface area (Å²) in [6.07, 6.45) is -2.29. The van der Waals surface area contributed by atoms with Gasteiger partial charge in [-0.1, -0.05) is 11.6 Å². The molecule has 0 aliphatic heterocycles. The molecule has 0 bridgehead atoms. The number of hydrogen-bond acceptors (Lipinski definition) is 7. The molecule has 0 fully saturated rings. The molecule has 0 saturated heterocycles. The Labute approximate surface area is 177 Å². The molecule has 9 nitrogen and oxygen atoms in total. The second-order valence-corrected chi connectivity index (χ2v) is 7.06. The Morgan fingerprint density at radius 3 is 2.61 bits per heavy atom. The maximum absolute atomic E-state index is 13.4. The Morgan fingerprint density at radius 1 is 1.13 bits per heavy atom. The highest BCUT2D eigenvalue weighted by Crippen LogP contribution is 2.37. The molecular weight excluding hydrogens is 437 g/mol. The van der Waals surface area contributed by atoms with Gasteiger partial charge in [-0.25, -0.2) is 19.6 Å². The van der Waals surface area contributed by atoms with Crippen molar-refractivity contribution in [2.75, 3.05) is 5.32 Å². The van der Waals surface area contributed by atoms with Crippen molar-refractivity contribution in [1.82, 2.24) is 34.5 Å². The van der Waals surface area contributed by atoms with Crippen molar-refractivity contribution < 1.29 is 13.2 Å². The second-order valence-electron chi connectivity index (χ2n) is 6.62. The molecule has 0 amide bonds. The van der Waals surface area contributed by atoms with Crippen LogP contribution in [-0.2, 0) is 13.2 Å². The topological polar surface area (TPSA) is 103 Å². The lowest BCUT2D eigenvalue weighted by Crippen LogP contribution is -2.22. The lowest BCUT2D eigenvalue weighted by atomic mass is 10.1. The van der Waals surface area contributed by atoms with Gasteiger partial charge in [0.15, 0.2) is 11.6 Å². The van der Waals surface area contributed by atoms with E-state index in [0.717, 1.165) is 17.1 Å². The first kappa shape index (κ1) is 20.7. The van der Waals surface area contributed by atoms with Crippen molar-refractivity contribution in [1.29, 1.82) is 0 Å². The summed E-state index contributed by atoms with van der Waals surface area (Å²) >= 11 is 5.92. The van der Waals surface area contributed by atoms with Gasteiger partial charge in [-0.15, -0.1) is 5.10 Å². The van der Waals surface area contributed by atoms with E-state index in [2.05, 4.69) is 30.5 Å². The standard InChI is InChI=1S/C18H14ClF3N8O/c1-9(17-25-8-26-30(17)13-3-4-14(31)29(2)28-13)27-16-11-5-10(19)6-12(18(20,21)22)15(11)23-7-24-16/h3-9H,1-2H3,(H,23,24,27)/t9-/m0/s1. The van der Waals surface area contributed by atoms with Gasteiger partial charge in [-0.05, 0) is 25.1 Å². The average Bonchev–Trinajstić information content (AvgIpc) is 3.19. The van der Waals surface area contributed by atoms with Gasteiger partial charge in [0, 0.05) is 23.5 Å². The molecule has 0 saturated carbocycles. The third-order valence-corrected chi connectivity index (χ3v) is 4.71. The molecule has 3 heterocycles. The Morgan fingerprint density at radius 2 is 1.90 bits per heavy atom. The Balaban J connectivity index is 1.75. The molecule has 0 aliphatic rings. The van der Waals surface area contributed by atoms with Crippen molar-refractivity contribution in [3.8, 4) is 5.82 Å². The summed E-state index contributed by atoms with van der Waals surface area (Å²) in [5.74, 6) is 0.891. The van der Waals surface area contributed by atoms with Crippen LogP contribution in [-0.4, -0.2) is 34.5 Å². The van der Waals surface area contributed by atoms with Gasteiger partial charge in [0.2, 0.25) is 0 Å². The molecular formula is C18H14ClF3N8O. The second kappa shape index (κ2) is 7.61. The van der Waals surface area contributed by atoms with Gasteiger partial charge >= 0.3 is 6.18 Å². The van der Waals surface area contributed by atoms with Crippen molar-refractivity contribution in [3.05, 3.63) is 63.7 Å². The molecule has 3 aromatic heterocycles. The molecule has 31 heavy (non-hydrogen) atoms. The number of aromatic nitrogens is 7. The maximum Gasteiger partial charge on any atom is 0.418 e. The number of nitrogens with zero attached hydrogens (tertiary/aromatic N) is 7. The SMILES string of the molecule is C[C@H](Nc1ncnc2c(C(F)(F)F)cc(Cl)cc12)c1ncnn1-c1ccc(=O)n(C)n1. The fraction of sp³-hybridized carbons (Fsp3) is 0.222. The highest BCUT2D eigenvalue weighted by molar-refractivity contribution is 6.31. The van der Waals surface area contributed by atoms with E-state index in [1.807, 2.05) is 0 Å². The lowest BCUT2D eigenvalue weighted by molar-refractivity contribution is -0.136. The number of nitrogens with one attached hydrogen (secondary N) is 1. The zero-order valence-electron chi connectivity index (χ0n) is 16.1. The van der Waals surface area contributed by atoms with Gasteiger partial charge < -0.3 is 5.32 Å². The van der Waals surface area contributed by atoms with E-state index in [1.165, 1.54) is 36.3 Å². The largest absolute Gasteiger partial charge is 0.418 e. The van der Waals surface area contributed by atoms with Gasteiger partial charge in [0.1, 0.15) is 18.5 Å². The van der Waals surface area contributed by atoms with Crippen LogP contribution in [0.25, 0.3) is 16.7 Å². The average molecular weight is 451 g/mol. The molecule has 1 aromatic carbocycles. The molecule has 0 radical (unpaired) electrons. The number of alkyl halides is 3. The third-order valence-electron chi connectivity index (χ3n) is 4.49. The summed E-state index contributed by atoms with van der Waals surface area (Å²) in [6.45, 7) is 1.73. The molecule has 13 heteroatoms. The predicted octanol–water partition coefficient (Wildman–Crippen LogP) is 3.15. The van der Waals surface area contributed by atoms with Crippen molar-refractivity contribution >= 4 is 28.3 Å². The zero-order chi connectivity index (χ0) is 22.3. The first-order valence-electron chi connectivity index (χ1n) is 8.88. The number of benzene rings is 1. The maximum atomic E-state index is 13.4. The minimum Gasteiger partial charge on any atom is -0.360 e. The van der Waals surface area contributed by atoms with Crippen LogP contribution in [0.2, 0.25) is 5.02 Å². The molecule has 4 aromatic rings. The number of aryl methyl sites for hydroxylation is 1. The van der Waals surface area contributed by atoms with Gasteiger partial charge in [-0.3, -0.25) is 4.79 Å². The number of rotatable bonds is 4. The first-order chi connectivity index (χ1) is 14.6. The zero-order valence-corrected chi connectivity index (χ0v) is 16.8. The summed E-state index contributed by atoms with van der Waals surface area (Å²) < 4.78 is 42.8. The quantitative estimate of drug-likeness (QED) is 0.509. The van der Waals surface area contributed by atoms with E-state index in [-0.39, 0.29) is 27.3 Å². The minimum absolute atomic E-state index is 0.0945. The number of anilines is 1. The highest BCUT2D eigenvalue weighted by Gasteiger charge is 2.34.